The number of ether oxygens (including phenoxy) is 1. The minimum absolute atomic E-state index is 0.145. The Morgan fingerprint density at radius 1 is 1.39 bits per heavy atom. The Labute approximate surface area is 106 Å². The van der Waals surface area contributed by atoms with Crippen LogP contribution < -0.4 is 4.74 Å². The molecule has 7 heteroatoms. The van der Waals surface area contributed by atoms with E-state index in [2.05, 4.69) is 4.98 Å². The van der Waals surface area contributed by atoms with Gasteiger partial charge in [-0.3, -0.25) is 10.1 Å². The van der Waals surface area contributed by atoms with E-state index in [1.807, 2.05) is 0 Å². The maximum atomic E-state index is 13.5. The topological polar surface area (TPSA) is 65.3 Å². The number of para-hydroxylation sites is 1. The predicted octanol–water partition coefficient (Wildman–Crippen LogP) is 3.57. The number of rotatable bonds is 3. The summed E-state index contributed by atoms with van der Waals surface area (Å²) < 4.78 is 18.7. The zero-order valence-electron chi connectivity index (χ0n) is 8.84. The van der Waals surface area contributed by atoms with Crippen molar-refractivity contribution in [2.75, 3.05) is 0 Å². The van der Waals surface area contributed by atoms with Crippen LogP contribution >= 0.6 is 11.6 Å². The summed E-state index contributed by atoms with van der Waals surface area (Å²) in [5.74, 6) is -1.11. The van der Waals surface area contributed by atoms with E-state index in [1.54, 1.807) is 0 Å². The van der Waals surface area contributed by atoms with Gasteiger partial charge in [0.2, 0.25) is 5.75 Å². The van der Waals surface area contributed by atoms with Crippen molar-refractivity contribution in [1.82, 2.24) is 4.98 Å². The number of benzene rings is 1. The fourth-order valence-corrected chi connectivity index (χ4v) is 1.47. The van der Waals surface area contributed by atoms with Gasteiger partial charge in [-0.25, -0.2) is 9.37 Å². The van der Waals surface area contributed by atoms with Gasteiger partial charge in [0, 0.05) is 18.3 Å². The van der Waals surface area contributed by atoms with E-state index in [9.17, 15) is 14.5 Å². The van der Waals surface area contributed by atoms with Gasteiger partial charge in [-0.1, -0.05) is 17.7 Å². The van der Waals surface area contributed by atoms with Crippen LogP contribution in [0.4, 0.5) is 10.1 Å². The highest BCUT2D eigenvalue weighted by Gasteiger charge is 2.20. The van der Waals surface area contributed by atoms with E-state index in [0.717, 1.165) is 12.1 Å². The van der Waals surface area contributed by atoms with Crippen molar-refractivity contribution in [1.29, 1.82) is 0 Å². The Balaban J connectivity index is 2.42. The molecule has 0 saturated carbocycles. The van der Waals surface area contributed by atoms with Crippen LogP contribution in [0, 0.1) is 15.9 Å². The molecule has 0 saturated heterocycles. The summed E-state index contributed by atoms with van der Waals surface area (Å²) in [4.78, 5) is 13.7. The van der Waals surface area contributed by atoms with Crippen LogP contribution in [0.1, 0.15) is 0 Å². The number of hydrogen-bond acceptors (Lipinski definition) is 4. The first-order valence-electron chi connectivity index (χ1n) is 4.80. The first-order valence-corrected chi connectivity index (χ1v) is 5.18. The standard InChI is InChI=1S/C11H6ClFN2O3/c12-10-6-7(4-5-14-10)18-11-8(13)2-1-3-9(11)15(16)17/h1-6H. The quantitative estimate of drug-likeness (QED) is 0.485. The average Bonchev–Trinajstić information content (AvgIpc) is 2.31. The summed E-state index contributed by atoms with van der Waals surface area (Å²) in [6, 6.07) is 6.21. The van der Waals surface area contributed by atoms with E-state index in [-0.39, 0.29) is 10.9 Å². The van der Waals surface area contributed by atoms with Crippen molar-refractivity contribution >= 4 is 17.3 Å². The lowest BCUT2D eigenvalue weighted by molar-refractivity contribution is -0.385. The minimum atomic E-state index is -0.822. The van der Waals surface area contributed by atoms with Gasteiger partial charge in [0.05, 0.1) is 4.92 Å². The number of halogens is 2. The fourth-order valence-electron chi connectivity index (χ4n) is 1.31. The highest BCUT2D eigenvalue weighted by atomic mass is 35.5. The van der Waals surface area contributed by atoms with Crippen LogP contribution in [0.3, 0.4) is 0 Å². The van der Waals surface area contributed by atoms with Crippen LogP contribution in [-0.4, -0.2) is 9.91 Å². The summed E-state index contributed by atoms with van der Waals surface area (Å²) >= 11 is 5.63. The lowest BCUT2D eigenvalue weighted by atomic mass is 10.3. The molecule has 18 heavy (non-hydrogen) atoms. The van der Waals surface area contributed by atoms with E-state index in [1.165, 1.54) is 24.4 Å². The molecule has 1 aromatic carbocycles. The highest BCUT2D eigenvalue weighted by Crippen LogP contribution is 2.33. The number of pyridine rings is 1. The van der Waals surface area contributed by atoms with Gasteiger partial charge < -0.3 is 4.74 Å². The zero-order valence-corrected chi connectivity index (χ0v) is 9.60. The van der Waals surface area contributed by atoms with Crippen LogP contribution in [-0.2, 0) is 0 Å². The summed E-state index contributed by atoms with van der Waals surface area (Å²) in [6.07, 6.45) is 1.35. The van der Waals surface area contributed by atoms with Crippen molar-refractivity contribution in [2.24, 2.45) is 0 Å². The normalized spacial score (nSPS) is 10.1. The van der Waals surface area contributed by atoms with Gasteiger partial charge >= 0.3 is 5.69 Å². The molecule has 5 nitrogen and oxygen atoms in total. The Morgan fingerprint density at radius 3 is 2.83 bits per heavy atom. The van der Waals surface area contributed by atoms with Crippen molar-refractivity contribution in [3.05, 3.63) is 57.6 Å². The lowest BCUT2D eigenvalue weighted by Crippen LogP contribution is -1.96. The van der Waals surface area contributed by atoms with Gasteiger partial charge in [0.15, 0.2) is 5.82 Å². The highest BCUT2D eigenvalue weighted by molar-refractivity contribution is 6.29. The molecule has 0 bridgehead atoms. The summed E-state index contributed by atoms with van der Waals surface area (Å²) in [6.45, 7) is 0. The van der Waals surface area contributed by atoms with Gasteiger partial charge in [0.25, 0.3) is 0 Å². The number of nitro groups is 1. The first kappa shape index (κ1) is 12.3. The molecule has 2 rings (SSSR count). The second-order valence-corrected chi connectivity index (χ2v) is 3.65. The van der Waals surface area contributed by atoms with Gasteiger partial charge in [-0.2, -0.15) is 0 Å². The maximum absolute atomic E-state index is 13.5. The number of hydrogen-bond donors (Lipinski definition) is 0. The molecule has 1 aromatic heterocycles. The molecule has 0 N–H and O–H groups in total. The Hall–Kier alpha value is -2.21. The molecular weight excluding hydrogens is 263 g/mol. The monoisotopic (exact) mass is 268 g/mol. The predicted molar refractivity (Wildman–Crippen MR) is 62.4 cm³/mol. The largest absolute Gasteiger partial charge is 0.447 e. The second-order valence-electron chi connectivity index (χ2n) is 3.26. The molecule has 0 fully saturated rings. The molecule has 0 atom stereocenters. The van der Waals surface area contributed by atoms with Crippen LogP contribution in [0.2, 0.25) is 5.15 Å². The Bertz CT molecular complexity index is 607. The van der Waals surface area contributed by atoms with Gasteiger partial charge in [-0.15, -0.1) is 0 Å². The molecule has 1 heterocycles. The smallest absolute Gasteiger partial charge is 0.314 e. The molecule has 0 radical (unpaired) electrons. The summed E-state index contributed by atoms with van der Waals surface area (Å²) in [5.41, 5.74) is -0.456. The third-order valence-corrected chi connectivity index (χ3v) is 2.27. The Morgan fingerprint density at radius 2 is 2.17 bits per heavy atom. The van der Waals surface area contributed by atoms with Crippen molar-refractivity contribution in [3.63, 3.8) is 0 Å². The van der Waals surface area contributed by atoms with E-state index in [0.29, 0.717) is 0 Å². The third-order valence-electron chi connectivity index (χ3n) is 2.06. The van der Waals surface area contributed by atoms with E-state index < -0.39 is 22.2 Å². The molecular formula is C11H6ClFN2O3. The molecule has 0 aliphatic carbocycles. The lowest BCUT2D eigenvalue weighted by Gasteiger charge is -2.06. The molecule has 0 aliphatic heterocycles. The SMILES string of the molecule is O=[N+]([O-])c1cccc(F)c1Oc1ccnc(Cl)c1. The molecule has 0 spiro atoms. The molecule has 92 valence electrons. The van der Waals surface area contributed by atoms with Crippen LogP contribution in [0.5, 0.6) is 11.5 Å². The van der Waals surface area contributed by atoms with Gasteiger partial charge in [0.1, 0.15) is 10.9 Å². The van der Waals surface area contributed by atoms with Crippen LogP contribution in [0.15, 0.2) is 36.5 Å². The first-order chi connectivity index (χ1) is 8.58. The average molecular weight is 269 g/mol. The summed E-state index contributed by atoms with van der Waals surface area (Å²) in [5, 5.41) is 10.9. The molecule has 0 amide bonds. The fraction of sp³-hybridized carbons (Fsp3) is 0. The number of nitro benzene ring substituents is 1. The zero-order chi connectivity index (χ0) is 13.1. The van der Waals surface area contributed by atoms with Crippen molar-refractivity contribution < 1.29 is 14.1 Å². The van der Waals surface area contributed by atoms with E-state index >= 15 is 0 Å². The molecule has 0 aliphatic rings. The Kier molecular flexibility index (Phi) is 3.38. The summed E-state index contributed by atoms with van der Waals surface area (Å²) in [7, 11) is 0. The number of nitrogens with zero attached hydrogens (tertiary/aromatic N) is 2. The third kappa shape index (κ3) is 2.54. The van der Waals surface area contributed by atoms with Crippen molar-refractivity contribution in [2.45, 2.75) is 0 Å². The second kappa shape index (κ2) is 4.97. The van der Waals surface area contributed by atoms with E-state index in [4.69, 9.17) is 16.3 Å². The van der Waals surface area contributed by atoms with Crippen molar-refractivity contribution in [3.8, 4) is 11.5 Å². The van der Waals surface area contributed by atoms with Crippen LogP contribution in [0.25, 0.3) is 0 Å². The molecule has 2 aromatic rings. The van der Waals surface area contributed by atoms with Gasteiger partial charge in [-0.05, 0) is 12.1 Å². The minimum Gasteiger partial charge on any atom is -0.447 e. The molecule has 0 unspecified atom stereocenters. The maximum Gasteiger partial charge on any atom is 0.314 e. The number of aromatic nitrogens is 1.